The van der Waals surface area contributed by atoms with Crippen molar-refractivity contribution in [3.63, 3.8) is 0 Å². The molecule has 4 nitrogen and oxygen atoms in total. The van der Waals surface area contributed by atoms with Crippen molar-refractivity contribution in [2.45, 2.75) is 26.5 Å². The number of aryl methyl sites for hydroxylation is 1. The lowest BCUT2D eigenvalue weighted by molar-refractivity contribution is 0.277. The molecule has 0 unspecified atom stereocenters. The number of hydrogen-bond acceptors (Lipinski definition) is 3. The van der Waals surface area contributed by atoms with E-state index in [4.69, 9.17) is 11.6 Å². The highest BCUT2D eigenvalue weighted by atomic mass is 35.5. The molecule has 0 atom stereocenters. The molecule has 0 fully saturated rings. The summed E-state index contributed by atoms with van der Waals surface area (Å²) in [5.41, 5.74) is 2.36. The second kappa shape index (κ2) is 5.29. The summed E-state index contributed by atoms with van der Waals surface area (Å²) in [6, 6.07) is 7.49. The monoisotopic (exact) mass is 251 g/mol. The lowest BCUT2D eigenvalue weighted by Gasteiger charge is -2.06. The van der Waals surface area contributed by atoms with Crippen LogP contribution in [0.2, 0.25) is 5.02 Å². The van der Waals surface area contributed by atoms with Gasteiger partial charge in [0.05, 0.1) is 12.3 Å². The molecule has 1 aromatic heterocycles. The van der Waals surface area contributed by atoms with E-state index in [1.807, 2.05) is 24.3 Å². The van der Waals surface area contributed by atoms with Gasteiger partial charge in [-0.15, -0.1) is 5.10 Å². The van der Waals surface area contributed by atoms with Crippen molar-refractivity contribution in [3.8, 4) is 11.3 Å². The minimum absolute atomic E-state index is 0.119. The fraction of sp³-hybridized carbons (Fsp3) is 0.333. The molecular weight excluding hydrogens is 238 g/mol. The molecule has 0 aliphatic rings. The van der Waals surface area contributed by atoms with Crippen LogP contribution in [-0.4, -0.2) is 20.1 Å². The van der Waals surface area contributed by atoms with Crippen molar-refractivity contribution in [1.29, 1.82) is 0 Å². The highest BCUT2D eigenvalue weighted by Gasteiger charge is 2.13. The Bertz CT molecular complexity index is 510. The van der Waals surface area contributed by atoms with Crippen LogP contribution in [0.5, 0.6) is 0 Å². The standard InChI is InChI=1S/C12H14ClN3O/c1-2-6-16-12(11(8-17)14-15-16)9-4-3-5-10(13)7-9/h3-5,7,17H,2,6,8H2,1H3. The number of rotatable bonds is 4. The van der Waals surface area contributed by atoms with Crippen molar-refractivity contribution in [1.82, 2.24) is 15.0 Å². The largest absolute Gasteiger partial charge is 0.390 e. The molecule has 0 amide bonds. The Labute approximate surface area is 105 Å². The van der Waals surface area contributed by atoms with Crippen molar-refractivity contribution in [3.05, 3.63) is 35.0 Å². The molecule has 1 heterocycles. The van der Waals surface area contributed by atoms with E-state index in [1.54, 1.807) is 4.68 Å². The molecule has 0 aliphatic carbocycles. The van der Waals surface area contributed by atoms with E-state index in [-0.39, 0.29) is 6.61 Å². The van der Waals surface area contributed by atoms with Crippen LogP contribution in [0.3, 0.4) is 0 Å². The summed E-state index contributed by atoms with van der Waals surface area (Å²) in [5, 5.41) is 18.0. The van der Waals surface area contributed by atoms with Gasteiger partial charge in [-0.05, 0) is 18.6 Å². The highest BCUT2D eigenvalue weighted by molar-refractivity contribution is 6.30. The molecule has 1 aromatic carbocycles. The van der Waals surface area contributed by atoms with Crippen LogP contribution in [-0.2, 0) is 13.2 Å². The Morgan fingerprint density at radius 1 is 1.41 bits per heavy atom. The van der Waals surface area contributed by atoms with Crippen molar-refractivity contribution >= 4 is 11.6 Å². The molecule has 0 bridgehead atoms. The first-order valence-electron chi connectivity index (χ1n) is 5.55. The average Bonchev–Trinajstić information content (AvgIpc) is 2.72. The fourth-order valence-corrected chi connectivity index (χ4v) is 1.97. The number of halogens is 1. The minimum atomic E-state index is -0.119. The van der Waals surface area contributed by atoms with E-state index in [0.717, 1.165) is 24.2 Å². The number of aliphatic hydroxyl groups excluding tert-OH is 1. The summed E-state index contributed by atoms with van der Waals surface area (Å²) in [7, 11) is 0. The second-order valence-corrected chi connectivity index (χ2v) is 4.21. The fourth-order valence-electron chi connectivity index (χ4n) is 1.78. The molecule has 5 heteroatoms. The van der Waals surface area contributed by atoms with Gasteiger partial charge in [-0.1, -0.05) is 35.9 Å². The molecule has 90 valence electrons. The molecule has 2 aromatic rings. The topological polar surface area (TPSA) is 50.9 Å². The van der Waals surface area contributed by atoms with Gasteiger partial charge in [0, 0.05) is 17.1 Å². The molecular formula is C12H14ClN3O. The number of aliphatic hydroxyl groups is 1. The quantitative estimate of drug-likeness (QED) is 0.908. The molecule has 2 rings (SSSR count). The van der Waals surface area contributed by atoms with Gasteiger partial charge in [0.2, 0.25) is 0 Å². The van der Waals surface area contributed by atoms with Gasteiger partial charge in [0.1, 0.15) is 5.69 Å². The van der Waals surface area contributed by atoms with Gasteiger partial charge < -0.3 is 5.11 Å². The minimum Gasteiger partial charge on any atom is -0.390 e. The molecule has 17 heavy (non-hydrogen) atoms. The van der Waals surface area contributed by atoms with Gasteiger partial charge in [-0.25, -0.2) is 4.68 Å². The average molecular weight is 252 g/mol. The Kier molecular flexibility index (Phi) is 3.76. The summed E-state index contributed by atoms with van der Waals surface area (Å²) >= 11 is 5.97. The normalized spacial score (nSPS) is 10.8. The van der Waals surface area contributed by atoms with E-state index in [0.29, 0.717) is 10.7 Å². The summed E-state index contributed by atoms with van der Waals surface area (Å²) in [6.45, 7) is 2.72. The van der Waals surface area contributed by atoms with Crippen molar-refractivity contribution in [2.24, 2.45) is 0 Å². The molecule has 0 radical (unpaired) electrons. The van der Waals surface area contributed by atoms with Crippen LogP contribution < -0.4 is 0 Å². The number of hydrogen-bond donors (Lipinski definition) is 1. The molecule has 0 saturated heterocycles. The number of nitrogens with zero attached hydrogens (tertiary/aromatic N) is 3. The summed E-state index contributed by atoms with van der Waals surface area (Å²) < 4.78 is 1.80. The number of aromatic nitrogens is 3. The molecule has 1 N–H and O–H groups in total. The second-order valence-electron chi connectivity index (χ2n) is 3.78. The van der Waals surface area contributed by atoms with Gasteiger partial charge in [0.15, 0.2) is 0 Å². The first kappa shape index (κ1) is 12.1. The van der Waals surface area contributed by atoms with Crippen LogP contribution in [0.1, 0.15) is 19.0 Å². The van der Waals surface area contributed by atoms with E-state index in [9.17, 15) is 5.11 Å². The van der Waals surface area contributed by atoms with Gasteiger partial charge >= 0.3 is 0 Å². The van der Waals surface area contributed by atoms with Crippen molar-refractivity contribution in [2.75, 3.05) is 0 Å². The first-order valence-corrected chi connectivity index (χ1v) is 5.93. The van der Waals surface area contributed by atoms with Gasteiger partial charge in [-0.2, -0.15) is 0 Å². The zero-order valence-electron chi connectivity index (χ0n) is 9.60. The lowest BCUT2D eigenvalue weighted by atomic mass is 10.1. The van der Waals surface area contributed by atoms with Crippen LogP contribution >= 0.6 is 11.6 Å². The molecule has 0 spiro atoms. The highest BCUT2D eigenvalue weighted by Crippen LogP contribution is 2.25. The third-order valence-corrected chi connectivity index (χ3v) is 2.72. The van der Waals surface area contributed by atoms with Crippen LogP contribution in [0, 0.1) is 0 Å². The summed E-state index contributed by atoms with van der Waals surface area (Å²) in [5.74, 6) is 0. The summed E-state index contributed by atoms with van der Waals surface area (Å²) in [6.07, 6.45) is 0.960. The maximum atomic E-state index is 9.28. The molecule has 0 aliphatic heterocycles. The van der Waals surface area contributed by atoms with Crippen LogP contribution in [0.25, 0.3) is 11.3 Å². The molecule has 0 saturated carbocycles. The lowest BCUT2D eigenvalue weighted by Crippen LogP contribution is -2.02. The predicted octanol–water partition coefficient (Wildman–Crippen LogP) is 2.50. The smallest absolute Gasteiger partial charge is 0.116 e. The van der Waals surface area contributed by atoms with E-state index < -0.39 is 0 Å². The third kappa shape index (κ3) is 2.48. The third-order valence-electron chi connectivity index (χ3n) is 2.49. The van der Waals surface area contributed by atoms with E-state index in [2.05, 4.69) is 17.2 Å². The van der Waals surface area contributed by atoms with Crippen LogP contribution in [0.4, 0.5) is 0 Å². The van der Waals surface area contributed by atoms with Gasteiger partial charge in [-0.3, -0.25) is 0 Å². The Hall–Kier alpha value is -1.39. The number of benzene rings is 1. The first-order chi connectivity index (χ1) is 8.26. The predicted molar refractivity (Wildman–Crippen MR) is 66.7 cm³/mol. The SMILES string of the molecule is CCCn1nnc(CO)c1-c1cccc(Cl)c1. The zero-order valence-corrected chi connectivity index (χ0v) is 10.4. The van der Waals surface area contributed by atoms with Crippen molar-refractivity contribution < 1.29 is 5.11 Å². The maximum absolute atomic E-state index is 9.28. The zero-order chi connectivity index (χ0) is 12.3. The van der Waals surface area contributed by atoms with E-state index in [1.165, 1.54) is 0 Å². The van der Waals surface area contributed by atoms with Gasteiger partial charge in [0.25, 0.3) is 0 Å². The summed E-state index contributed by atoms with van der Waals surface area (Å²) in [4.78, 5) is 0. The van der Waals surface area contributed by atoms with Crippen LogP contribution in [0.15, 0.2) is 24.3 Å². The Morgan fingerprint density at radius 3 is 2.88 bits per heavy atom. The van der Waals surface area contributed by atoms with E-state index >= 15 is 0 Å². The Balaban J connectivity index is 2.51. The Morgan fingerprint density at radius 2 is 2.24 bits per heavy atom. The maximum Gasteiger partial charge on any atom is 0.116 e.